The first-order valence-corrected chi connectivity index (χ1v) is 18.8. The highest BCUT2D eigenvalue weighted by Crippen LogP contribution is 2.62. The molecule has 3 aliphatic carbocycles. The summed E-state index contributed by atoms with van der Waals surface area (Å²) in [6.07, 6.45) is 4.60. The molecule has 1 heteroatoms. The van der Waals surface area contributed by atoms with E-state index in [0.717, 1.165) is 5.69 Å². The Morgan fingerprint density at radius 1 is 0.462 bits per heavy atom. The first kappa shape index (κ1) is 32.5. The minimum atomic E-state index is -0.0615. The molecule has 3 aliphatic rings. The molecule has 6 aromatic rings. The smallest absolute Gasteiger partial charge is 0.0540 e. The number of rotatable bonds is 5. The molecule has 0 fully saturated rings. The fraction of sp³-hybridized carbons (Fsp3) is 0.216. The lowest BCUT2D eigenvalue weighted by atomic mass is 9.75. The molecule has 9 rings (SSSR count). The van der Waals surface area contributed by atoms with E-state index in [2.05, 4.69) is 200 Å². The van der Waals surface area contributed by atoms with E-state index in [0.29, 0.717) is 0 Å². The number of hydrogen-bond acceptors (Lipinski definition) is 1. The molecule has 0 heterocycles. The van der Waals surface area contributed by atoms with Crippen molar-refractivity contribution in [3.63, 3.8) is 0 Å². The van der Waals surface area contributed by atoms with Crippen molar-refractivity contribution in [1.29, 1.82) is 0 Å². The van der Waals surface area contributed by atoms with Gasteiger partial charge >= 0.3 is 0 Å². The molecule has 0 radical (unpaired) electrons. The number of nitrogens with zero attached hydrogens (tertiary/aromatic N) is 1. The fourth-order valence-electron chi connectivity index (χ4n) is 9.72. The molecule has 0 amide bonds. The van der Waals surface area contributed by atoms with Gasteiger partial charge in [0.1, 0.15) is 0 Å². The van der Waals surface area contributed by atoms with E-state index >= 15 is 0 Å². The Balaban J connectivity index is 1.11. The summed E-state index contributed by atoms with van der Waals surface area (Å²) in [5.41, 5.74) is 20.3. The van der Waals surface area contributed by atoms with Gasteiger partial charge in [0, 0.05) is 33.0 Å². The highest BCUT2D eigenvalue weighted by atomic mass is 15.1. The summed E-state index contributed by atoms with van der Waals surface area (Å²) in [5, 5.41) is 2.47. The van der Waals surface area contributed by atoms with Gasteiger partial charge in [0.15, 0.2) is 0 Å². The second-order valence-electron chi connectivity index (χ2n) is 16.7. The van der Waals surface area contributed by atoms with Crippen LogP contribution in [0.3, 0.4) is 0 Å². The van der Waals surface area contributed by atoms with Gasteiger partial charge in [-0.3, -0.25) is 0 Å². The Labute approximate surface area is 309 Å². The molecule has 6 aromatic carbocycles. The first-order chi connectivity index (χ1) is 24.9. The van der Waals surface area contributed by atoms with Crippen LogP contribution in [0.25, 0.3) is 39.6 Å². The zero-order valence-electron chi connectivity index (χ0n) is 31.7. The van der Waals surface area contributed by atoms with Crippen LogP contribution in [0.15, 0.2) is 133 Å². The summed E-state index contributed by atoms with van der Waals surface area (Å²) >= 11 is 0. The summed E-state index contributed by atoms with van der Waals surface area (Å²) in [6, 6.07) is 47.5. The van der Waals surface area contributed by atoms with Gasteiger partial charge in [-0.25, -0.2) is 0 Å². The lowest BCUT2D eigenvalue weighted by molar-refractivity contribution is 0.639. The van der Waals surface area contributed by atoms with E-state index < -0.39 is 0 Å². The number of para-hydroxylation sites is 1. The Morgan fingerprint density at radius 3 is 1.87 bits per heavy atom. The molecule has 0 atom stereocenters. The molecule has 0 N–H and O–H groups in total. The predicted molar refractivity (Wildman–Crippen MR) is 225 cm³/mol. The predicted octanol–water partition coefficient (Wildman–Crippen LogP) is 14.1. The third kappa shape index (κ3) is 4.54. The van der Waals surface area contributed by atoms with Gasteiger partial charge in [-0.05, 0) is 111 Å². The van der Waals surface area contributed by atoms with Crippen LogP contribution in [0.5, 0.6) is 0 Å². The molecule has 0 saturated heterocycles. The highest BCUT2D eigenvalue weighted by molar-refractivity contribution is 6.10. The summed E-state index contributed by atoms with van der Waals surface area (Å²) in [4.78, 5) is 2.43. The standard InChI is InChI=1S/C51H47N/c1-32-33(2)49(3,4)44-28-26-37(31-42(32)44)52(36-16-10-9-11-17-36)46-29-25-35(38-18-12-13-19-39(38)46)24-22-34-23-27-41-45(30-34)51(7,8)47-40-20-14-15-21-43(40)50(5,6)48(41)47/h9-31H,1-8H3. The fourth-order valence-corrected chi connectivity index (χ4v) is 9.72. The molecule has 0 bridgehead atoms. The second-order valence-corrected chi connectivity index (χ2v) is 16.7. The van der Waals surface area contributed by atoms with Crippen LogP contribution in [-0.4, -0.2) is 0 Å². The second kappa shape index (κ2) is 11.3. The van der Waals surface area contributed by atoms with Crippen molar-refractivity contribution in [2.75, 3.05) is 4.90 Å². The SMILES string of the molecule is CC1=C(C)C(C)(C)c2ccc(N(c3ccccc3)c3ccc(C=Cc4ccc5c(c4)C(C)(C)C4=C5C(C)(C)c5ccccc54)c4ccccc34)cc21. The maximum absolute atomic E-state index is 2.43. The molecule has 1 nitrogen and oxygen atoms in total. The summed E-state index contributed by atoms with van der Waals surface area (Å²) in [6.45, 7) is 18.9. The monoisotopic (exact) mass is 673 g/mol. The number of hydrogen-bond donors (Lipinski definition) is 0. The third-order valence-electron chi connectivity index (χ3n) is 12.8. The number of anilines is 3. The van der Waals surface area contributed by atoms with Crippen LogP contribution in [0, 0.1) is 0 Å². The van der Waals surface area contributed by atoms with Crippen molar-refractivity contribution in [2.45, 2.75) is 71.6 Å². The number of allylic oxidation sites excluding steroid dienone is 4. The van der Waals surface area contributed by atoms with Crippen LogP contribution >= 0.6 is 0 Å². The van der Waals surface area contributed by atoms with Gasteiger partial charge in [0.05, 0.1) is 5.69 Å². The van der Waals surface area contributed by atoms with E-state index in [1.165, 1.54) is 88.9 Å². The summed E-state index contributed by atoms with van der Waals surface area (Å²) in [5.74, 6) is 0. The van der Waals surface area contributed by atoms with E-state index in [1.54, 1.807) is 0 Å². The molecular formula is C51H47N. The minimum Gasteiger partial charge on any atom is -0.310 e. The number of fused-ring (bicyclic) bond motifs is 6. The van der Waals surface area contributed by atoms with E-state index in [-0.39, 0.29) is 16.2 Å². The van der Waals surface area contributed by atoms with E-state index in [9.17, 15) is 0 Å². The van der Waals surface area contributed by atoms with E-state index in [1.807, 2.05) is 0 Å². The lowest BCUT2D eigenvalue weighted by Crippen LogP contribution is -2.19. The molecule has 0 spiro atoms. The molecule has 0 aromatic heterocycles. The van der Waals surface area contributed by atoms with Crippen LogP contribution in [0.1, 0.15) is 99.9 Å². The molecule has 52 heavy (non-hydrogen) atoms. The molecule has 0 unspecified atom stereocenters. The molecule has 0 saturated carbocycles. The van der Waals surface area contributed by atoms with Crippen molar-refractivity contribution in [1.82, 2.24) is 0 Å². The van der Waals surface area contributed by atoms with Crippen LogP contribution < -0.4 is 4.90 Å². The van der Waals surface area contributed by atoms with Gasteiger partial charge in [-0.15, -0.1) is 0 Å². The first-order valence-electron chi connectivity index (χ1n) is 18.8. The largest absolute Gasteiger partial charge is 0.310 e. The number of benzene rings is 6. The van der Waals surface area contributed by atoms with Gasteiger partial charge in [-0.2, -0.15) is 0 Å². The Bertz CT molecular complexity index is 2550. The van der Waals surface area contributed by atoms with Crippen molar-refractivity contribution >= 4 is 56.7 Å². The highest BCUT2D eigenvalue weighted by Gasteiger charge is 2.49. The van der Waals surface area contributed by atoms with Crippen molar-refractivity contribution < 1.29 is 0 Å². The average molecular weight is 674 g/mol. The average Bonchev–Trinajstić information content (AvgIpc) is 3.62. The molecule has 0 aliphatic heterocycles. The van der Waals surface area contributed by atoms with Crippen molar-refractivity contribution in [2.24, 2.45) is 0 Å². The van der Waals surface area contributed by atoms with Crippen LogP contribution in [-0.2, 0) is 16.2 Å². The summed E-state index contributed by atoms with van der Waals surface area (Å²) in [7, 11) is 0. The van der Waals surface area contributed by atoms with Crippen molar-refractivity contribution in [3.8, 4) is 0 Å². The van der Waals surface area contributed by atoms with Gasteiger partial charge in [-0.1, -0.05) is 156 Å². The Hall–Kier alpha value is -5.40. The Kier molecular flexibility index (Phi) is 7.06. The van der Waals surface area contributed by atoms with Gasteiger partial charge in [0.2, 0.25) is 0 Å². The van der Waals surface area contributed by atoms with Gasteiger partial charge in [0.25, 0.3) is 0 Å². The van der Waals surface area contributed by atoms with Gasteiger partial charge < -0.3 is 4.90 Å². The normalized spacial score (nSPS) is 17.5. The quantitative estimate of drug-likeness (QED) is 0.165. The van der Waals surface area contributed by atoms with Crippen LogP contribution in [0.4, 0.5) is 17.1 Å². The van der Waals surface area contributed by atoms with Crippen molar-refractivity contribution in [3.05, 3.63) is 177 Å². The minimum absolute atomic E-state index is 0.00897. The Morgan fingerprint density at radius 2 is 1.10 bits per heavy atom. The van der Waals surface area contributed by atoms with Crippen LogP contribution in [0.2, 0.25) is 0 Å². The maximum atomic E-state index is 2.43. The maximum Gasteiger partial charge on any atom is 0.0540 e. The topological polar surface area (TPSA) is 3.24 Å². The summed E-state index contributed by atoms with van der Waals surface area (Å²) < 4.78 is 0. The zero-order chi connectivity index (χ0) is 36.2. The zero-order valence-corrected chi connectivity index (χ0v) is 31.7. The molecular weight excluding hydrogens is 627 g/mol. The third-order valence-corrected chi connectivity index (χ3v) is 12.8. The molecule has 256 valence electrons. The van der Waals surface area contributed by atoms with E-state index in [4.69, 9.17) is 0 Å². The lowest BCUT2D eigenvalue weighted by Gasteiger charge is -2.29.